The Bertz CT molecular complexity index is 910. The molecule has 0 fully saturated rings. The lowest BCUT2D eigenvalue weighted by atomic mass is 9.93. The Labute approximate surface area is 166 Å². The minimum atomic E-state index is -0.498. The highest BCUT2D eigenvalue weighted by Gasteiger charge is 2.35. The van der Waals surface area contributed by atoms with Crippen molar-refractivity contribution in [3.63, 3.8) is 0 Å². The molecule has 0 aliphatic carbocycles. The van der Waals surface area contributed by atoms with Gasteiger partial charge in [-0.15, -0.1) is 0 Å². The van der Waals surface area contributed by atoms with Crippen LogP contribution in [0.15, 0.2) is 30.3 Å². The molecule has 2 heterocycles. The van der Waals surface area contributed by atoms with Crippen molar-refractivity contribution in [1.82, 2.24) is 14.8 Å². The lowest BCUT2D eigenvalue weighted by molar-refractivity contribution is -0.145. The van der Waals surface area contributed by atoms with Crippen LogP contribution >= 0.6 is 0 Å². The first-order chi connectivity index (χ1) is 13.3. The van der Waals surface area contributed by atoms with Gasteiger partial charge >= 0.3 is 0 Å². The van der Waals surface area contributed by atoms with Gasteiger partial charge in [0.25, 0.3) is 0 Å². The monoisotopic (exact) mass is 381 g/mol. The van der Waals surface area contributed by atoms with E-state index in [9.17, 15) is 9.59 Å². The number of rotatable bonds is 4. The Kier molecular flexibility index (Phi) is 5.68. The van der Waals surface area contributed by atoms with Crippen LogP contribution in [0.4, 0.5) is 0 Å². The minimum absolute atomic E-state index is 0.0771. The topological polar surface area (TPSA) is 62.7 Å². The molecule has 3 rings (SSSR count). The van der Waals surface area contributed by atoms with Crippen LogP contribution in [0.3, 0.4) is 0 Å². The van der Waals surface area contributed by atoms with Crippen molar-refractivity contribution >= 4 is 11.8 Å². The number of pyridine rings is 1. The standard InChI is InChI=1S/C22H27N3O3/c1-14-10-15(2)23-21(28-5)19(14)13-24(4)22(27)20-11-17-8-6-7-9-18(17)12-25(20)16(3)26/h6-10,20H,11-13H2,1-5H3. The third-order valence-electron chi connectivity index (χ3n) is 5.34. The zero-order chi connectivity index (χ0) is 20.4. The fraction of sp³-hybridized carbons (Fsp3) is 0.409. The number of nitrogens with zero attached hydrogens (tertiary/aromatic N) is 3. The molecule has 0 radical (unpaired) electrons. The SMILES string of the molecule is COc1nc(C)cc(C)c1CN(C)C(=O)C1Cc2ccccc2CN1C(C)=O. The van der Waals surface area contributed by atoms with Crippen LogP contribution in [0.2, 0.25) is 0 Å². The number of hydrogen-bond donors (Lipinski definition) is 0. The van der Waals surface area contributed by atoms with E-state index in [1.54, 1.807) is 24.0 Å². The summed E-state index contributed by atoms with van der Waals surface area (Å²) < 4.78 is 5.43. The van der Waals surface area contributed by atoms with Gasteiger partial charge < -0.3 is 14.5 Å². The zero-order valence-corrected chi connectivity index (χ0v) is 17.2. The number of aryl methyl sites for hydroxylation is 2. The van der Waals surface area contributed by atoms with E-state index in [2.05, 4.69) is 4.98 Å². The van der Waals surface area contributed by atoms with Crippen LogP contribution in [0.1, 0.15) is 34.9 Å². The van der Waals surface area contributed by atoms with Crippen LogP contribution in [0.5, 0.6) is 5.88 Å². The Hall–Kier alpha value is -2.89. The van der Waals surface area contributed by atoms with Gasteiger partial charge in [0, 0.05) is 38.2 Å². The van der Waals surface area contributed by atoms with Crippen molar-refractivity contribution in [2.45, 2.75) is 46.3 Å². The van der Waals surface area contributed by atoms with E-state index in [1.807, 2.05) is 44.2 Å². The molecule has 1 aromatic heterocycles. The molecule has 0 N–H and O–H groups in total. The van der Waals surface area contributed by atoms with Gasteiger partial charge in [-0.2, -0.15) is 0 Å². The maximum atomic E-state index is 13.3. The maximum Gasteiger partial charge on any atom is 0.245 e. The number of aromatic nitrogens is 1. The van der Waals surface area contributed by atoms with Crippen molar-refractivity contribution in [2.24, 2.45) is 0 Å². The van der Waals surface area contributed by atoms with Gasteiger partial charge in [0.2, 0.25) is 17.7 Å². The summed E-state index contributed by atoms with van der Waals surface area (Å²) in [6.07, 6.45) is 0.529. The molecule has 1 aromatic carbocycles. The van der Waals surface area contributed by atoms with E-state index in [4.69, 9.17) is 4.74 Å². The Morgan fingerprint density at radius 2 is 1.93 bits per heavy atom. The van der Waals surface area contributed by atoms with E-state index in [1.165, 1.54) is 6.92 Å². The molecule has 0 saturated carbocycles. The average molecular weight is 381 g/mol. The van der Waals surface area contributed by atoms with Crippen LogP contribution in [-0.4, -0.2) is 46.8 Å². The molecule has 0 saturated heterocycles. The van der Waals surface area contributed by atoms with Gasteiger partial charge in [-0.1, -0.05) is 24.3 Å². The molecular weight excluding hydrogens is 354 g/mol. The Morgan fingerprint density at radius 1 is 1.25 bits per heavy atom. The second-order valence-corrected chi connectivity index (χ2v) is 7.40. The fourth-order valence-corrected chi connectivity index (χ4v) is 3.83. The van der Waals surface area contributed by atoms with Gasteiger partial charge in [0.15, 0.2) is 0 Å². The highest BCUT2D eigenvalue weighted by Crippen LogP contribution is 2.26. The van der Waals surface area contributed by atoms with Gasteiger partial charge in [-0.25, -0.2) is 4.98 Å². The zero-order valence-electron chi connectivity index (χ0n) is 17.2. The number of amides is 2. The quantitative estimate of drug-likeness (QED) is 0.817. The maximum absolute atomic E-state index is 13.3. The van der Waals surface area contributed by atoms with Crippen LogP contribution in [0, 0.1) is 13.8 Å². The summed E-state index contributed by atoms with van der Waals surface area (Å²) in [6, 6.07) is 9.47. The van der Waals surface area contributed by atoms with Gasteiger partial charge in [0.05, 0.1) is 13.7 Å². The molecule has 1 atom stereocenters. The van der Waals surface area contributed by atoms with Crippen LogP contribution in [0.25, 0.3) is 0 Å². The smallest absolute Gasteiger partial charge is 0.245 e. The Balaban J connectivity index is 1.85. The first-order valence-electron chi connectivity index (χ1n) is 9.42. The predicted molar refractivity (Wildman–Crippen MR) is 107 cm³/mol. The highest BCUT2D eigenvalue weighted by molar-refractivity contribution is 5.87. The summed E-state index contributed by atoms with van der Waals surface area (Å²) in [5.41, 5.74) is 5.01. The number of benzene rings is 1. The molecule has 0 spiro atoms. The first-order valence-corrected chi connectivity index (χ1v) is 9.42. The van der Waals surface area contributed by atoms with E-state index in [-0.39, 0.29) is 11.8 Å². The summed E-state index contributed by atoms with van der Waals surface area (Å²) in [5, 5.41) is 0. The molecule has 2 amide bonds. The van der Waals surface area contributed by atoms with Crippen LogP contribution in [-0.2, 0) is 29.1 Å². The molecule has 6 heteroatoms. The van der Waals surface area contributed by atoms with Gasteiger partial charge in [0.1, 0.15) is 6.04 Å². The van der Waals surface area contributed by atoms with E-state index in [0.717, 1.165) is 27.9 Å². The lowest BCUT2D eigenvalue weighted by Crippen LogP contribution is -2.52. The molecule has 28 heavy (non-hydrogen) atoms. The highest BCUT2D eigenvalue weighted by atomic mass is 16.5. The lowest BCUT2D eigenvalue weighted by Gasteiger charge is -2.37. The second-order valence-electron chi connectivity index (χ2n) is 7.40. The number of carbonyl (C=O) groups is 2. The minimum Gasteiger partial charge on any atom is -0.481 e. The van der Waals surface area contributed by atoms with E-state index >= 15 is 0 Å². The first kappa shape index (κ1) is 19.9. The average Bonchev–Trinajstić information content (AvgIpc) is 2.67. The third-order valence-corrected chi connectivity index (χ3v) is 5.34. The number of carbonyl (C=O) groups excluding carboxylic acids is 2. The molecular formula is C22H27N3O3. The predicted octanol–water partition coefficient (Wildman–Crippen LogP) is 2.64. The van der Waals surface area contributed by atoms with Crippen molar-refractivity contribution in [2.75, 3.05) is 14.2 Å². The molecule has 0 bridgehead atoms. The second kappa shape index (κ2) is 8.00. The number of likely N-dealkylation sites (N-methyl/N-ethyl adjacent to an activating group) is 1. The largest absolute Gasteiger partial charge is 0.481 e. The van der Waals surface area contributed by atoms with Crippen molar-refractivity contribution < 1.29 is 14.3 Å². The molecule has 2 aromatic rings. The van der Waals surface area contributed by atoms with E-state index in [0.29, 0.717) is 25.4 Å². The molecule has 1 unspecified atom stereocenters. The summed E-state index contributed by atoms with van der Waals surface area (Å²) in [5.74, 6) is 0.369. The van der Waals surface area contributed by atoms with Crippen molar-refractivity contribution in [1.29, 1.82) is 0 Å². The summed E-state index contributed by atoms with van der Waals surface area (Å²) >= 11 is 0. The number of hydrogen-bond acceptors (Lipinski definition) is 4. The number of fused-ring (bicyclic) bond motifs is 1. The Morgan fingerprint density at radius 3 is 2.57 bits per heavy atom. The van der Waals surface area contributed by atoms with Gasteiger partial charge in [-0.05, 0) is 36.6 Å². The molecule has 148 valence electrons. The number of ether oxygens (including phenoxy) is 1. The summed E-state index contributed by atoms with van der Waals surface area (Å²) in [4.78, 5) is 33.3. The normalized spacial score (nSPS) is 15.8. The molecule has 1 aliphatic rings. The third kappa shape index (κ3) is 3.86. The van der Waals surface area contributed by atoms with Gasteiger partial charge in [-0.3, -0.25) is 9.59 Å². The van der Waals surface area contributed by atoms with E-state index < -0.39 is 6.04 Å². The molecule has 1 aliphatic heterocycles. The van der Waals surface area contributed by atoms with Crippen LogP contribution < -0.4 is 4.74 Å². The molecule has 6 nitrogen and oxygen atoms in total. The van der Waals surface area contributed by atoms with Crippen molar-refractivity contribution in [3.05, 3.63) is 58.3 Å². The summed E-state index contributed by atoms with van der Waals surface area (Å²) in [7, 11) is 3.35. The fourth-order valence-electron chi connectivity index (χ4n) is 3.83. The number of methoxy groups -OCH3 is 1. The summed E-state index contributed by atoms with van der Waals surface area (Å²) in [6.45, 7) is 6.27. The van der Waals surface area contributed by atoms with Crippen molar-refractivity contribution in [3.8, 4) is 5.88 Å².